The number of hydrogen-bond acceptors (Lipinski definition) is 2. The highest BCUT2D eigenvalue weighted by molar-refractivity contribution is 6.30. The predicted molar refractivity (Wildman–Crippen MR) is 73.6 cm³/mol. The molecule has 0 radical (unpaired) electrons. The molecule has 2 nitrogen and oxygen atoms in total. The van der Waals surface area contributed by atoms with Crippen LogP contribution >= 0.6 is 11.6 Å². The van der Waals surface area contributed by atoms with Gasteiger partial charge in [-0.25, -0.2) is 8.78 Å². The van der Waals surface area contributed by atoms with Crippen molar-refractivity contribution in [2.45, 2.75) is 12.8 Å². The number of hydrogen-bond donors (Lipinski definition) is 0. The molecule has 1 aliphatic heterocycles. The Balaban J connectivity index is 1.81. The molecule has 1 aromatic carbocycles. The van der Waals surface area contributed by atoms with E-state index in [0.29, 0.717) is 12.0 Å². The van der Waals surface area contributed by atoms with Gasteiger partial charge in [0.1, 0.15) is 16.7 Å². The van der Waals surface area contributed by atoms with Crippen LogP contribution in [0.2, 0.25) is 5.02 Å². The van der Waals surface area contributed by atoms with Crippen LogP contribution in [0.15, 0.2) is 12.1 Å². The molecule has 1 saturated heterocycles. The average Bonchev–Trinajstić information content (AvgIpc) is 2.41. The Kier molecular flexibility index (Phi) is 5.13. The third kappa shape index (κ3) is 3.88. The second-order valence-electron chi connectivity index (χ2n) is 5.08. The van der Waals surface area contributed by atoms with Gasteiger partial charge in [-0.2, -0.15) is 0 Å². The van der Waals surface area contributed by atoms with Gasteiger partial charge >= 0.3 is 0 Å². The molecule has 0 amide bonds. The molecule has 0 bridgehead atoms. The normalized spacial score (nSPS) is 17.9. The topological polar surface area (TPSA) is 6.48 Å². The summed E-state index contributed by atoms with van der Waals surface area (Å²) in [6.45, 7) is 5.22. The minimum absolute atomic E-state index is 0.392. The minimum atomic E-state index is -0.693. The van der Waals surface area contributed by atoms with Gasteiger partial charge in [0, 0.05) is 26.2 Å². The van der Waals surface area contributed by atoms with E-state index in [1.165, 1.54) is 12.1 Å². The SMILES string of the molecule is CN1CCN(CCCc2ccc(F)c(Cl)c2F)CC1. The first-order chi connectivity index (χ1) is 9.08. The number of halogens is 3. The van der Waals surface area contributed by atoms with E-state index >= 15 is 0 Å². The van der Waals surface area contributed by atoms with Crippen molar-refractivity contribution in [1.29, 1.82) is 0 Å². The molecule has 1 heterocycles. The molecule has 0 N–H and O–H groups in total. The summed E-state index contributed by atoms with van der Waals surface area (Å²) in [5, 5.41) is -0.392. The maximum Gasteiger partial charge on any atom is 0.147 e. The Morgan fingerprint density at radius 3 is 2.53 bits per heavy atom. The van der Waals surface area contributed by atoms with Crippen LogP contribution in [0, 0.1) is 11.6 Å². The molecule has 0 saturated carbocycles. The van der Waals surface area contributed by atoms with Gasteiger partial charge in [-0.3, -0.25) is 0 Å². The molecule has 0 aliphatic carbocycles. The summed E-state index contributed by atoms with van der Waals surface area (Å²) in [6.07, 6.45) is 1.46. The molecular weight excluding hydrogens is 270 g/mol. The largest absolute Gasteiger partial charge is 0.304 e. The fraction of sp³-hybridized carbons (Fsp3) is 0.571. The number of aryl methyl sites for hydroxylation is 1. The van der Waals surface area contributed by atoms with Crippen LogP contribution in [0.5, 0.6) is 0 Å². The van der Waals surface area contributed by atoms with Crippen molar-refractivity contribution in [2.75, 3.05) is 39.8 Å². The first-order valence-electron chi connectivity index (χ1n) is 6.61. The van der Waals surface area contributed by atoms with E-state index in [9.17, 15) is 8.78 Å². The highest BCUT2D eigenvalue weighted by Crippen LogP contribution is 2.22. The predicted octanol–water partition coefficient (Wildman–Crippen LogP) is 2.80. The molecule has 19 heavy (non-hydrogen) atoms. The third-order valence-electron chi connectivity index (χ3n) is 3.63. The van der Waals surface area contributed by atoms with Crippen LogP contribution in [0.4, 0.5) is 8.78 Å². The van der Waals surface area contributed by atoms with Crippen molar-refractivity contribution in [3.8, 4) is 0 Å². The Labute approximate surface area is 117 Å². The fourth-order valence-corrected chi connectivity index (χ4v) is 2.51. The molecule has 0 atom stereocenters. The number of rotatable bonds is 4. The van der Waals surface area contributed by atoms with E-state index in [-0.39, 0.29) is 0 Å². The molecule has 0 unspecified atom stereocenters. The first kappa shape index (κ1) is 14.7. The van der Waals surface area contributed by atoms with E-state index in [1.54, 1.807) is 0 Å². The summed E-state index contributed by atoms with van der Waals surface area (Å²) in [5.74, 6) is -1.30. The Bertz CT molecular complexity index is 432. The van der Waals surface area contributed by atoms with E-state index in [1.807, 2.05) is 0 Å². The van der Waals surface area contributed by atoms with E-state index in [4.69, 9.17) is 11.6 Å². The monoisotopic (exact) mass is 288 g/mol. The van der Waals surface area contributed by atoms with Gasteiger partial charge in [0.05, 0.1) is 0 Å². The van der Waals surface area contributed by atoms with Gasteiger partial charge in [-0.1, -0.05) is 17.7 Å². The van der Waals surface area contributed by atoms with Crippen molar-refractivity contribution in [1.82, 2.24) is 9.80 Å². The molecule has 1 aliphatic rings. The highest BCUT2D eigenvalue weighted by atomic mass is 35.5. The van der Waals surface area contributed by atoms with E-state index in [0.717, 1.165) is 39.1 Å². The average molecular weight is 289 g/mol. The summed E-state index contributed by atoms with van der Waals surface area (Å²) < 4.78 is 26.7. The third-order valence-corrected chi connectivity index (χ3v) is 3.98. The molecule has 0 aromatic heterocycles. The second kappa shape index (κ2) is 6.64. The molecular formula is C14H19ClF2N2. The van der Waals surface area contributed by atoms with Crippen molar-refractivity contribution in [3.05, 3.63) is 34.4 Å². The molecule has 1 fully saturated rings. The quantitative estimate of drug-likeness (QED) is 0.786. The zero-order chi connectivity index (χ0) is 13.8. The number of nitrogens with zero attached hydrogens (tertiary/aromatic N) is 2. The lowest BCUT2D eigenvalue weighted by molar-refractivity contribution is 0.153. The van der Waals surface area contributed by atoms with E-state index < -0.39 is 16.7 Å². The fourth-order valence-electron chi connectivity index (χ4n) is 2.32. The molecule has 106 valence electrons. The van der Waals surface area contributed by atoms with Crippen LogP contribution in [0.3, 0.4) is 0 Å². The summed E-state index contributed by atoms with van der Waals surface area (Å²) in [5.41, 5.74) is 0.500. The Morgan fingerprint density at radius 2 is 1.84 bits per heavy atom. The molecule has 5 heteroatoms. The standard InChI is InChI=1S/C14H19ClF2N2/c1-18-7-9-19(10-8-18)6-2-3-11-4-5-12(16)13(15)14(11)17/h4-5H,2-3,6-10H2,1H3. The summed E-state index contributed by atoms with van der Waals surface area (Å²) >= 11 is 5.56. The molecule has 1 aromatic rings. The summed E-state index contributed by atoms with van der Waals surface area (Å²) in [4.78, 5) is 4.68. The number of piperazine rings is 1. The van der Waals surface area contributed by atoms with Crippen LogP contribution in [-0.4, -0.2) is 49.6 Å². The minimum Gasteiger partial charge on any atom is -0.304 e. The highest BCUT2D eigenvalue weighted by Gasteiger charge is 2.14. The van der Waals surface area contributed by atoms with Gasteiger partial charge in [0.25, 0.3) is 0 Å². The van der Waals surface area contributed by atoms with Crippen molar-refractivity contribution in [3.63, 3.8) is 0 Å². The Hall–Kier alpha value is -0.710. The van der Waals surface area contributed by atoms with Gasteiger partial charge in [-0.15, -0.1) is 0 Å². The van der Waals surface area contributed by atoms with Crippen molar-refractivity contribution < 1.29 is 8.78 Å². The molecule has 0 spiro atoms. The van der Waals surface area contributed by atoms with Crippen LogP contribution < -0.4 is 0 Å². The zero-order valence-electron chi connectivity index (χ0n) is 11.1. The Morgan fingerprint density at radius 1 is 1.16 bits per heavy atom. The number of benzene rings is 1. The summed E-state index contributed by atoms with van der Waals surface area (Å²) in [7, 11) is 2.12. The number of likely N-dealkylation sites (N-methyl/N-ethyl adjacent to an activating group) is 1. The van der Waals surface area contributed by atoms with Gasteiger partial charge in [0.15, 0.2) is 0 Å². The lowest BCUT2D eigenvalue weighted by atomic mass is 10.1. The maximum atomic E-state index is 13.7. The zero-order valence-corrected chi connectivity index (χ0v) is 11.9. The smallest absolute Gasteiger partial charge is 0.147 e. The van der Waals surface area contributed by atoms with Crippen LogP contribution in [-0.2, 0) is 6.42 Å². The van der Waals surface area contributed by atoms with Gasteiger partial charge in [0.2, 0.25) is 0 Å². The van der Waals surface area contributed by atoms with Gasteiger partial charge < -0.3 is 9.80 Å². The maximum absolute atomic E-state index is 13.7. The van der Waals surface area contributed by atoms with Crippen molar-refractivity contribution >= 4 is 11.6 Å². The lowest BCUT2D eigenvalue weighted by Gasteiger charge is -2.32. The summed E-state index contributed by atoms with van der Waals surface area (Å²) in [6, 6.07) is 2.72. The van der Waals surface area contributed by atoms with Crippen LogP contribution in [0.25, 0.3) is 0 Å². The van der Waals surface area contributed by atoms with E-state index in [2.05, 4.69) is 16.8 Å². The van der Waals surface area contributed by atoms with Gasteiger partial charge in [-0.05, 0) is 38.1 Å². The second-order valence-corrected chi connectivity index (χ2v) is 5.46. The van der Waals surface area contributed by atoms with Crippen molar-refractivity contribution in [2.24, 2.45) is 0 Å². The first-order valence-corrected chi connectivity index (χ1v) is 6.99. The molecule has 2 rings (SSSR count). The van der Waals surface area contributed by atoms with Crippen LogP contribution in [0.1, 0.15) is 12.0 Å². The lowest BCUT2D eigenvalue weighted by Crippen LogP contribution is -2.44.